The van der Waals surface area contributed by atoms with Gasteiger partial charge in [0, 0.05) is 42.1 Å². The van der Waals surface area contributed by atoms with E-state index in [0.29, 0.717) is 30.5 Å². The molecule has 4 heterocycles. The molecule has 182 valence electrons. The molecule has 0 radical (unpaired) electrons. The lowest BCUT2D eigenvalue weighted by Gasteiger charge is -2.31. The van der Waals surface area contributed by atoms with Gasteiger partial charge in [-0.2, -0.15) is 0 Å². The van der Waals surface area contributed by atoms with Crippen molar-refractivity contribution in [2.75, 3.05) is 30.3 Å². The molecule has 5 rings (SSSR count). The van der Waals surface area contributed by atoms with Crippen molar-refractivity contribution in [1.29, 1.82) is 0 Å². The number of hydrogen-bond acceptors (Lipinski definition) is 9. The monoisotopic (exact) mass is 482 g/mol. The molecule has 0 bridgehead atoms. The van der Waals surface area contributed by atoms with Gasteiger partial charge < -0.3 is 26.4 Å². The number of nitrogens with zero attached hydrogens (tertiary/aromatic N) is 4. The summed E-state index contributed by atoms with van der Waals surface area (Å²) in [6.07, 6.45) is 6.17. The molecule has 0 saturated carbocycles. The van der Waals surface area contributed by atoms with Crippen molar-refractivity contribution in [3.8, 4) is 11.3 Å². The molecule has 1 unspecified atom stereocenters. The van der Waals surface area contributed by atoms with Crippen LogP contribution in [0.4, 0.5) is 17.3 Å². The maximum Gasteiger partial charge on any atom is 0.247 e. The summed E-state index contributed by atoms with van der Waals surface area (Å²) in [5.41, 5.74) is 10.3. The fourth-order valence-electron chi connectivity index (χ4n) is 4.10. The van der Waals surface area contributed by atoms with Crippen LogP contribution >= 0.6 is 0 Å². The summed E-state index contributed by atoms with van der Waals surface area (Å²) in [6.45, 7) is 5.36. The minimum Gasteiger partial charge on any atom is -0.369 e. The van der Waals surface area contributed by atoms with Crippen molar-refractivity contribution in [1.82, 2.24) is 25.3 Å². The van der Waals surface area contributed by atoms with E-state index in [2.05, 4.69) is 37.5 Å². The number of nitrogens with two attached hydrogens (primary N) is 1. The predicted octanol–water partition coefficient (Wildman–Crippen LogP) is 2.94. The van der Waals surface area contributed by atoms with E-state index in [4.69, 9.17) is 15.5 Å². The molecule has 1 aliphatic rings. The van der Waals surface area contributed by atoms with Crippen molar-refractivity contribution in [3.05, 3.63) is 79.4 Å². The number of anilines is 3. The van der Waals surface area contributed by atoms with Crippen LogP contribution in [-0.4, -0.2) is 51.6 Å². The first kappa shape index (κ1) is 23.5. The van der Waals surface area contributed by atoms with Gasteiger partial charge in [0.15, 0.2) is 0 Å². The van der Waals surface area contributed by atoms with Gasteiger partial charge in [0.25, 0.3) is 0 Å². The molecular formula is C26H26N8O2. The predicted molar refractivity (Wildman–Crippen MR) is 139 cm³/mol. The van der Waals surface area contributed by atoms with Crippen LogP contribution in [0.25, 0.3) is 22.2 Å². The summed E-state index contributed by atoms with van der Waals surface area (Å²) in [4.78, 5) is 30.0. The van der Waals surface area contributed by atoms with E-state index in [-0.39, 0.29) is 18.1 Å². The second-order valence-electron chi connectivity index (χ2n) is 8.24. The van der Waals surface area contributed by atoms with Gasteiger partial charge in [-0.05, 0) is 30.3 Å². The molecule has 2 atom stereocenters. The van der Waals surface area contributed by atoms with Crippen molar-refractivity contribution in [3.63, 3.8) is 0 Å². The number of hydrogen-bond donors (Lipinski definition) is 4. The Bertz CT molecular complexity index is 1390. The van der Waals surface area contributed by atoms with Crippen LogP contribution in [0, 0.1) is 0 Å². The standard InChI is InChI=1S/C26H26N8O2/c1-2-23(35)32-17-8-9-28-21(12-17)19-5-3-4-16-14-31-26(34-24(16)19)33-18-6-7-20(30-15-18)25-22(13-27)29-10-11-36-25/h2-9,12,14-15,22,25,29H,1,10-11,13,27H2,(H,28,32,35)(H,31,33,34)/t22?,25-/m0/s1. The van der Waals surface area contributed by atoms with Crippen LogP contribution in [0.5, 0.6) is 0 Å². The first-order valence-electron chi connectivity index (χ1n) is 11.6. The molecule has 0 spiro atoms. The van der Waals surface area contributed by atoms with Crippen LogP contribution in [-0.2, 0) is 9.53 Å². The largest absolute Gasteiger partial charge is 0.369 e. The molecule has 10 heteroatoms. The molecule has 36 heavy (non-hydrogen) atoms. The number of rotatable bonds is 7. The Morgan fingerprint density at radius 1 is 1.17 bits per heavy atom. The zero-order chi connectivity index (χ0) is 24.9. The number of carbonyl (C=O) groups is 1. The van der Waals surface area contributed by atoms with Gasteiger partial charge in [0.05, 0.1) is 41.4 Å². The van der Waals surface area contributed by atoms with Gasteiger partial charge in [-0.25, -0.2) is 9.97 Å². The highest BCUT2D eigenvalue weighted by Crippen LogP contribution is 2.29. The third kappa shape index (κ3) is 5.05. The van der Waals surface area contributed by atoms with Gasteiger partial charge in [-0.1, -0.05) is 24.8 Å². The number of pyridine rings is 2. The normalized spacial score (nSPS) is 17.5. The Morgan fingerprint density at radius 3 is 2.89 bits per heavy atom. The van der Waals surface area contributed by atoms with Gasteiger partial charge in [-0.3, -0.25) is 14.8 Å². The van der Waals surface area contributed by atoms with E-state index in [1.165, 1.54) is 6.08 Å². The Hall–Kier alpha value is -4.25. The van der Waals surface area contributed by atoms with E-state index in [1.54, 1.807) is 30.7 Å². The number of ether oxygens (including phenoxy) is 1. The molecule has 5 N–H and O–H groups in total. The first-order chi connectivity index (χ1) is 17.6. The van der Waals surface area contributed by atoms with Crippen molar-refractivity contribution < 1.29 is 9.53 Å². The molecule has 1 aromatic carbocycles. The molecule has 1 amide bonds. The molecule has 10 nitrogen and oxygen atoms in total. The molecular weight excluding hydrogens is 456 g/mol. The van der Waals surface area contributed by atoms with Crippen molar-refractivity contribution >= 4 is 34.1 Å². The Morgan fingerprint density at radius 2 is 2.08 bits per heavy atom. The van der Waals surface area contributed by atoms with Gasteiger partial charge in [-0.15, -0.1) is 0 Å². The topological polar surface area (TPSA) is 140 Å². The average molecular weight is 483 g/mol. The summed E-state index contributed by atoms with van der Waals surface area (Å²) in [6, 6.07) is 13.2. The minimum atomic E-state index is -0.289. The summed E-state index contributed by atoms with van der Waals surface area (Å²) in [5.74, 6) is 0.138. The number of carbonyl (C=O) groups excluding carboxylic acids is 1. The Kier molecular flexibility index (Phi) is 6.89. The lowest BCUT2D eigenvalue weighted by molar-refractivity contribution is -0.111. The van der Waals surface area contributed by atoms with Crippen LogP contribution in [0.1, 0.15) is 11.8 Å². The molecule has 1 aliphatic heterocycles. The molecule has 0 aliphatic carbocycles. The third-order valence-electron chi connectivity index (χ3n) is 5.86. The molecule has 3 aromatic heterocycles. The second kappa shape index (κ2) is 10.6. The third-order valence-corrected chi connectivity index (χ3v) is 5.86. The van der Waals surface area contributed by atoms with E-state index >= 15 is 0 Å². The van der Waals surface area contributed by atoms with Crippen LogP contribution < -0.4 is 21.7 Å². The summed E-state index contributed by atoms with van der Waals surface area (Å²) < 4.78 is 5.88. The lowest BCUT2D eigenvalue weighted by Crippen LogP contribution is -2.48. The van der Waals surface area contributed by atoms with E-state index in [1.807, 2.05) is 30.3 Å². The lowest BCUT2D eigenvalue weighted by atomic mass is 10.1. The molecule has 4 aromatic rings. The van der Waals surface area contributed by atoms with Crippen LogP contribution in [0.2, 0.25) is 0 Å². The van der Waals surface area contributed by atoms with Gasteiger partial charge >= 0.3 is 0 Å². The quantitative estimate of drug-likeness (QED) is 0.293. The molecule has 1 saturated heterocycles. The number of nitrogens with one attached hydrogen (secondary N) is 3. The Labute approximate surface area is 208 Å². The number of amides is 1. The van der Waals surface area contributed by atoms with Gasteiger partial charge in [0.1, 0.15) is 6.10 Å². The van der Waals surface area contributed by atoms with Crippen LogP contribution in [0.15, 0.2) is 73.7 Å². The highest BCUT2D eigenvalue weighted by Gasteiger charge is 2.27. The number of morpholine rings is 1. The van der Waals surface area contributed by atoms with E-state index < -0.39 is 0 Å². The van der Waals surface area contributed by atoms with E-state index in [0.717, 1.165) is 34.4 Å². The summed E-state index contributed by atoms with van der Waals surface area (Å²) in [5, 5.41) is 10.2. The van der Waals surface area contributed by atoms with Crippen molar-refractivity contribution in [2.24, 2.45) is 5.73 Å². The zero-order valence-corrected chi connectivity index (χ0v) is 19.5. The maximum absolute atomic E-state index is 11.7. The number of aromatic nitrogens is 4. The summed E-state index contributed by atoms with van der Waals surface area (Å²) >= 11 is 0. The van der Waals surface area contributed by atoms with E-state index in [9.17, 15) is 4.79 Å². The first-order valence-corrected chi connectivity index (χ1v) is 11.6. The number of benzene rings is 1. The fraction of sp³-hybridized carbons (Fsp3) is 0.192. The molecule has 1 fully saturated rings. The Balaban J connectivity index is 1.40. The number of para-hydroxylation sites is 1. The SMILES string of the molecule is C=CC(=O)Nc1ccnc(-c2cccc3cnc(Nc4ccc([C@@H]5OCCNC5CN)nc4)nc23)c1. The fourth-order valence-corrected chi connectivity index (χ4v) is 4.10. The number of fused-ring (bicyclic) bond motifs is 1. The second-order valence-corrected chi connectivity index (χ2v) is 8.24. The zero-order valence-electron chi connectivity index (χ0n) is 19.5. The van der Waals surface area contributed by atoms with Crippen LogP contribution in [0.3, 0.4) is 0 Å². The van der Waals surface area contributed by atoms with Gasteiger partial charge in [0.2, 0.25) is 11.9 Å². The maximum atomic E-state index is 11.7. The summed E-state index contributed by atoms with van der Waals surface area (Å²) in [7, 11) is 0. The smallest absolute Gasteiger partial charge is 0.247 e. The highest BCUT2D eigenvalue weighted by atomic mass is 16.5. The highest BCUT2D eigenvalue weighted by molar-refractivity contribution is 5.99. The average Bonchev–Trinajstić information content (AvgIpc) is 2.93. The van der Waals surface area contributed by atoms with Crippen molar-refractivity contribution in [2.45, 2.75) is 12.1 Å². The minimum absolute atomic E-state index is 0.0319.